The average molecular weight is 297 g/mol. The quantitative estimate of drug-likeness (QED) is 0.925. The lowest BCUT2D eigenvalue weighted by molar-refractivity contribution is -0.138. The van der Waals surface area contributed by atoms with Crippen LogP contribution in [-0.2, 0) is 11.2 Å². The Labute approximate surface area is 119 Å². The first kappa shape index (κ1) is 14.5. The minimum Gasteiger partial charge on any atom is -0.481 e. The Morgan fingerprint density at radius 1 is 1.15 bits per heavy atom. The molecule has 0 radical (unpaired) electrons. The summed E-state index contributed by atoms with van der Waals surface area (Å²) in [6, 6.07) is 9.45. The van der Waals surface area contributed by atoms with Gasteiger partial charge in [0.05, 0.1) is 10.9 Å². The van der Waals surface area contributed by atoms with Crippen LogP contribution in [0.25, 0.3) is 0 Å². The van der Waals surface area contributed by atoms with Crippen molar-refractivity contribution in [3.63, 3.8) is 0 Å². The zero-order valence-corrected chi connectivity index (χ0v) is 11.1. The number of hydrogen-bond acceptors (Lipinski definition) is 1. The highest BCUT2D eigenvalue weighted by molar-refractivity contribution is 6.31. The van der Waals surface area contributed by atoms with E-state index in [1.54, 1.807) is 6.07 Å². The van der Waals surface area contributed by atoms with E-state index in [4.69, 9.17) is 11.6 Å². The number of aliphatic carboxylic acids is 1. The Bertz CT molecular complexity index is 626. The van der Waals surface area contributed by atoms with E-state index in [0.29, 0.717) is 11.1 Å². The van der Waals surface area contributed by atoms with Gasteiger partial charge in [0, 0.05) is 0 Å². The zero-order valence-electron chi connectivity index (χ0n) is 10.3. The molecule has 2 aromatic rings. The Morgan fingerprint density at radius 3 is 2.40 bits per heavy atom. The molecule has 1 atom stereocenters. The zero-order chi connectivity index (χ0) is 14.7. The van der Waals surface area contributed by atoms with Gasteiger partial charge in [-0.3, -0.25) is 4.79 Å². The van der Waals surface area contributed by atoms with Crippen LogP contribution in [0.2, 0.25) is 5.02 Å². The lowest BCUT2D eigenvalue weighted by Gasteiger charge is -2.14. The maximum atomic E-state index is 13.4. The summed E-state index contributed by atoms with van der Waals surface area (Å²) in [4.78, 5) is 11.4. The molecule has 0 fully saturated rings. The van der Waals surface area contributed by atoms with E-state index in [9.17, 15) is 18.7 Å². The smallest absolute Gasteiger partial charge is 0.311 e. The van der Waals surface area contributed by atoms with Crippen molar-refractivity contribution in [2.24, 2.45) is 0 Å². The van der Waals surface area contributed by atoms with E-state index in [1.165, 1.54) is 36.4 Å². The van der Waals surface area contributed by atoms with Gasteiger partial charge in [-0.2, -0.15) is 0 Å². The van der Waals surface area contributed by atoms with Gasteiger partial charge in [0.25, 0.3) is 0 Å². The van der Waals surface area contributed by atoms with E-state index in [2.05, 4.69) is 0 Å². The molecule has 0 spiro atoms. The molecule has 0 aromatic heterocycles. The second-order valence-electron chi connectivity index (χ2n) is 4.36. The van der Waals surface area contributed by atoms with E-state index in [1.807, 2.05) is 0 Å². The van der Waals surface area contributed by atoms with Crippen LogP contribution >= 0.6 is 11.6 Å². The molecular formula is C15H11ClF2O2. The van der Waals surface area contributed by atoms with E-state index in [-0.39, 0.29) is 11.4 Å². The summed E-state index contributed by atoms with van der Waals surface area (Å²) in [5.41, 5.74) is 0.850. The van der Waals surface area contributed by atoms with Crippen molar-refractivity contribution < 1.29 is 18.7 Å². The molecule has 0 heterocycles. The monoisotopic (exact) mass is 296 g/mol. The Morgan fingerprint density at radius 2 is 1.80 bits per heavy atom. The van der Waals surface area contributed by atoms with Gasteiger partial charge in [-0.25, -0.2) is 8.78 Å². The fraction of sp³-hybridized carbons (Fsp3) is 0.133. The van der Waals surface area contributed by atoms with Gasteiger partial charge in [-0.1, -0.05) is 35.9 Å². The summed E-state index contributed by atoms with van der Waals surface area (Å²) in [6.07, 6.45) is 0.0392. The van der Waals surface area contributed by atoms with Gasteiger partial charge >= 0.3 is 5.97 Å². The molecular weight excluding hydrogens is 286 g/mol. The second kappa shape index (κ2) is 6.01. The Hall–Kier alpha value is -1.94. The van der Waals surface area contributed by atoms with Crippen molar-refractivity contribution in [3.05, 3.63) is 70.2 Å². The summed E-state index contributed by atoms with van der Waals surface area (Å²) in [5.74, 6) is -3.01. The lowest BCUT2D eigenvalue weighted by atomic mass is 9.92. The van der Waals surface area contributed by atoms with Crippen LogP contribution in [0.3, 0.4) is 0 Å². The van der Waals surface area contributed by atoms with E-state index < -0.39 is 23.5 Å². The number of carboxylic acid groups (broad SMARTS) is 1. The lowest BCUT2D eigenvalue weighted by Crippen LogP contribution is -2.15. The number of carbonyl (C=O) groups is 1. The van der Waals surface area contributed by atoms with Crippen molar-refractivity contribution in [2.75, 3.05) is 0 Å². The van der Waals surface area contributed by atoms with Crippen LogP contribution in [-0.4, -0.2) is 11.1 Å². The van der Waals surface area contributed by atoms with Crippen molar-refractivity contribution in [3.8, 4) is 0 Å². The largest absolute Gasteiger partial charge is 0.481 e. The first-order chi connectivity index (χ1) is 9.49. The predicted molar refractivity (Wildman–Crippen MR) is 71.9 cm³/mol. The number of benzene rings is 2. The van der Waals surface area contributed by atoms with Crippen molar-refractivity contribution >= 4 is 17.6 Å². The topological polar surface area (TPSA) is 37.3 Å². The molecule has 0 saturated carbocycles. The van der Waals surface area contributed by atoms with Crippen molar-refractivity contribution in [2.45, 2.75) is 12.3 Å². The molecule has 1 N–H and O–H groups in total. The third-order valence-electron chi connectivity index (χ3n) is 3.03. The van der Waals surface area contributed by atoms with Gasteiger partial charge in [0.15, 0.2) is 0 Å². The van der Waals surface area contributed by atoms with Gasteiger partial charge in [0.1, 0.15) is 11.6 Å². The molecule has 0 amide bonds. The molecule has 0 aliphatic carbocycles. The molecule has 2 nitrogen and oxygen atoms in total. The van der Waals surface area contributed by atoms with Crippen LogP contribution in [0.1, 0.15) is 17.0 Å². The fourth-order valence-electron chi connectivity index (χ4n) is 1.97. The van der Waals surface area contributed by atoms with Crippen LogP contribution in [0.5, 0.6) is 0 Å². The molecule has 2 aromatic carbocycles. The first-order valence-corrected chi connectivity index (χ1v) is 6.28. The molecule has 2 rings (SSSR count). The van der Waals surface area contributed by atoms with E-state index in [0.717, 1.165) is 0 Å². The van der Waals surface area contributed by atoms with Crippen molar-refractivity contribution in [1.29, 1.82) is 0 Å². The maximum Gasteiger partial charge on any atom is 0.311 e. The Kier molecular flexibility index (Phi) is 4.35. The van der Waals surface area contributed by atoms with Crippen LogP contribution in [0.4, 0.5) is 8.78 Å². The highest BCUT2D eigenvalue weighted by atomic mass is 35.5. The number of halogens is 3. The summed E-state index contributed by atoms with van der Waals surface area (Å²) in [6.45, 7) is 0. The molecule has 5 heteroatoms. The first-order valence-electron chi connectivity index (χ1n) is 5.90. The SMILES string of the molecule is O=C(O)C(Cc1cccc(F)c1Cl)c1ccc(F)cc1. The maximum absolute atomic E-state index is 13.4. The minimum atomic E-state index is -1.07. The van der Waals surface area contributed by atoms with E-state index >= 15 is 0 Å². The minimum absolute atomic E-state index is 0.0392. The highest BCUT2D eigenvalue weighted by Crippen LogP contribution is 2.27. The standard InChI is InChI=1S/C15H11ClF2O2/c16-14-10(2-1-3-13(14)18)8-12(15(19)20)9-4-6-11(17)7-5-9/h1-7,12H,8H2,(H,19,20). The molecule has 0 aliphatic rings. The van der Waals surface area contributed by atoms with Crippen molar-refractivity contribution in [1.82, 2.24) is 0 Å². The number of carboxylic acids is 1. The average Bonchev–Trinajstić information content (AvgIpc) is 2.41. The highest BCUT2D eigenvalue weighted by Gasteiger charge is 2.22. The summed E-state index contributed by atoms with van der Waals surface area (Å²) < 4.78 is 26.2. The number of rotatable bonds is 4. The van der Waals surface area contributed by atoms with Crippen LogP contribution in [0.15, 0.2) is 42.5 Å². The van der Waals surface area contributed by atoms with Gasteiger partial charge in [-0.15, -0.1) is 0 Å². The molecule has 0 bridgehead atoms. The fourth-order valence-corrected chi connectivity index (χ4v) is 2.17. The summed E-state index contributed by atoms with van der Waals surface area (Å²) >= 11 is 5.83. The predicted octanol–water partition coefficient (Wildman–Crippen LogP) is 4.03. The number of hydrogen-bond donors (Lipinski definition) is 1. The second-order valence-corrected chi connectivity index (χ2v) is 4.74. The summed E-state index contributed by atoms with van der Waals surface area (Å²) in [7, 11) is 0. The molecule has 0 saturated heterocycles. The van der Waals surface area contributed by atoms with Gasteiger partial charge in [-0.05, 0) is 35.7 Å². The molecule has 20 heavy (non-hydrogen) atoms. The van der Waals surface area contributed by atoms with Gasteiger partial charge < -0.3 is 5.11 Å². The van der Waals surface area contributed by atoms with Crippen LogP contribution in [0, 0.1) is 11.6 Å². The third-order valence-corrected chi connectivity index (χ3v) is 3.45. The van der Waals surface area contributed by atoms with Gasteiger partial charge in [0.2, 0.25) is 0 Å². The molecule has 1 unspecified atom stereocenters. The molecule has 104 valence electrons. The Balaban J connectivity index is 2.33. The van der Waals surface area contributed by atoms with Crippen LogP contribution < -0.4 is 0 Å². The third kappa shape index (κ3) is 3.14. The normalized spacial score (nSPS) is 12.2. The summed E-state index contributed by atoms with van der Waals surface area (Å²) in [5, 5.41) is 9.20. The molecule has 0 aliphatic heterocycles.